The molecule has 8 heteroatoms. The van der Waals surface area contributed by atoms with Crippen LogP contribution < -0.4 is 20.4 Å². The van der Waals surface area contributed by atoms with E-state index in [1.165, 1.54) is 37.8 Å². The number of rotatable bonds is 4. The number of nitrogens with zero attached hydrogens (tertiary/aromatic N) is 6. The van der Waals surface area contributed by atoms with Gasteiger partial charge in [-0.15, -0.1) is 0 Å². The second kappa shape index (κ2) is 9.39. The van der Waals surface area contributed by atoms with E-state index in [9.17, 15) is 0 Å². The predicted molar refractivity (Wildman–Crippen MR) is 142 cm³/mol. The zero-order valence-electron chi connectivity index (χ0n) is 21.1. The Hall–Kier alpha value is -2.71. The number of piperazine rings is 2. The van der Waals surface area contributed by atoms with Crippen LogP contribution in [0.3, 0.4) is 0 Å². The van der Waals surface area contributed by atoms with Crippen LogP contribution in [0.25, 0.3) is 6.08 Å². The number of aromatic nitrogens is 3. The average molecular weight is 475 g/mol. The Labute approximate surface area is 208 Å². The summed E-state index contributed by atoms with van der Waals surface area (Å²) < 4.78 is 0. The van der Waals surface area contributed by atoms with Crippen molar-refractivity contribution in [2.75, 3.05) is 54.4 Å². The lowest BCUT2D eigenvalue weighted by Crippen LogP contribution is -2.67. The molecule has 2 aromatic rings. The van der Waals surface area contributed by atoms with Crippen molar-refractivity contribution in [1.82, 2.24) is 25.2 Å². The number of hydrogen-bond acceptors (Lipinski definition) is 8. The van der Waals surface area contributed by atoms with E-state index >= 15 is 0 Å². The largest absolute Gasteiger partial charge is 0.368 e. The van der Waals surface area contributed by atoms with Crippen molar-refractivity contribution in [3.63, 3.8) is 0 Å². The maximum absolute atomic E-state index is 5.05. The molecule has 4 aliphatic rings. The third-order valence-corrected chi connectivity index (χ3v) is 8.35. The molecule has 3 aliphatic heterocycles. The standard InChI is InChI=1S/C27H38N8/c1-20(2)33-12-14-34(15-13-33)22-8-9-24(29-18-22)31-26-30-16-21-6-7-23-17-28-19-27(10-4-3-5-11-27)35(23)25(21)32-26/h6-9,16,18,20,23,28H,3-5,10-15,17,19H2,1-2H3,(H,29,30,31,32). The van der Waals surface area contributed by atoms with Crippen LogP contribution in [0.15, 0.2) is 30.6 Å². The van der Waals surface area contributed by atoms with Crippen molar-refractivity contribution in [3.05, 3.63) is 36.2 Å². The lowest BCUT2D eigenvalue weighted by atomic mass is 9.77. The lowest BCUT2D eigenvalue weighted by molar-refractivity contribution is 0.209. The van der Waals surface area contributed by atoms with Gasteiger partial charge in [0.25, 0.3) is 0 Å². The second-order valence-corrected chi connectivity index (χ2v) is 10.8. The quantitative estimate of drug-likeness (QED) is 0.696. The summed E-state index contributed by atoms with van der Waals surface area (Å²) in [6, 6.07) is 5.16. The van der Waals surface area contributed by atoms with Crippen molar-refractivity contribution >= 4 is 29.3 Å². The molecule has 1 saturated carbocycles. The third-order valence-electron chi connectivity index (χ3n) is 8.35. The number of fused-ring (bicyclic) bond motifs is 4. The fourth-order valence-corrected chi connectivity index (χ4v) is 6.37. The van der Waals surface area contributed by atoms with E-state index in [-0.39, 0.29) is 5.54 Å². The number of nitrogens with one attached hydrogen (secondary N) is 2. The smallest absolute Gasteiger partial charge is 0.230 e. The molecule has 0 radical (unpaired) electrons. The van der Waals surface area contributed by atoms with Crippen LogP contribution in [0.4, 0.5) is 23.3 Å². The number of pyridine rings is 1. The Morgan fingerprint density at radius 3 is 2.60 bits per heavy atom. The Bertz CT molecular complexity index is 1050. The molecule has 6 rings (SSSR count). The van der Waals surface area contributed by atoms with Crippen molar-refractivity contribution in [3.8, 4) is 0 Å². The van der Waals surface area contributed by atoms with Gasteiger partial charge in [0, 0.05) is 57.1 Å². The normalized spacial score (nSPS) is 23.9. The van der Waals surface area contributed by atoms with Crippen LogP contribution in [0.2, 0.25) is 0 Å². The highest BCUT2D eigenvalue weighted by atomic mass is 15.3. The molecule has 5 heterocycles. The van der Waals surface area contributed by atoms with Gasteiger partial charge < -0.3 is 20.4 Å². The summed E-state index contributed by atoms with van der Waals surface area (Å²) in [7, 11) is 0. The molecular weight excluding hydrogens is 436 g/mol. The zero-order valence-corrected chi connectivity index (χ0v) is 21.1. The first-order chi connectivity index (χ1) is 17.1. The van der Waals surface area contributed by atoms with E-state index < -0.39 is 0 Å². The average Bonchev–Trinajstić information content (AvgIpc) is 2.89. The molecule has 1 aliphatic carbocycles. The van der Waals surface area contributed by atoms with E-state index in [0.717, 1.165) is 56.5 Å². The molecule has 1 spiro atoms. The van der Waals surface area contributed by atoms with Crippen LogP contribution in [0.1, 0.15) is 51.5 Å². The SMILES string of the molecule is CC(C)N1CCN(c2ccc(Nc3ncc4c(n3)N3C(C=C4)CNCC34CCCCC4)nc2)CC1. The molecular formula is C27H38N8. The van der Waals surface area contributed by atoms with E-state index in [1.54, 1.807) is 0 Å². The van der Waals surface area contributed by atoms with Gasteiger partial charge in [-0.25, -0.2) is 9.97 Å². The Morgan fingerprint density at radius 1 is 1.03 bits per heavy atom. The first-order valence-corrected chi connectivity index (χ1v) is 13.4. The number of anilines is 4. The van der Waals surface area contributed by atoms with E-state index in [4.69, 9.17) is 9.97 Å². The van der Waals surface area contributed by atoms with Gasteiger partial charge >= 0.3 is 0 Å². The monoisotopic (exact) mass is 474 g/mol. The second-order valence-electron chi connectivity index (χ2n) is 10.8. The maximum Gasteiger partial charge on any atom is 0.230 e. The summed E-state index contributed by atoms with van der Waals surface area (Å²) in [4.78, 5) is 21.9. The van der Waals surface area contributed by atoms with Crippen LogP contribution in [0, 0.1) is 0 Å². The van der Waals surface area contributed by atoms with E-state index in [2.05, 4.69) is 62.4 Å². The molecule has 1 unspecified atom stereocenters. The molecule has 2 aromatic heterocycles. The van der Waals surface area contributed by atoms with Crippen LogP contribution in [-0.4, -0.2) is 76.7 Å². The summed E-state index contributed by atoms with van der Waals surface area (Å²) in [6.07, 6.45) is 14.8. The minimum atomic E-state index is 0.159. The molecule has 0 aromatic carbocycles. The summed E-state index contributed by atoms with van der Waals surface area (Å²) in [5.74, 6) is 2.47. The molecule has 8 nitrogen and oxygen atoms in total. The van der Waals surface area contributed by atoms with Gasteiger partial charge in [0.15, 0.2) is 0 Å². The minimum absolute atomic E-state index is 0.159. The first-order valence-electron chi connectivity index (χ1n) is 13.4. The molecule has 1 atom stereocenters. The van der Waals surface area contributed by atoms with E-state index in [0.29, 0.717) is 18.0 Å². The molecule has 3 fully saturated rings. The fourth-order valence-electron chi connectivity index (χ4n) is 6.37. The maximum atomic E-state index is 5.05. The summed E-state index contributed by atoms with van der Waals surface area (Å²) in [5.41, 5.74) is 2.45. The van der Waals surface area contributed by atoms with Gasteiger partial charge in [-0.3, -0.25) is 4.90 Å². The molecule has 0 bridgehead atoms. The van der Waals surface area contributed by atoms with Gasteiger partial charge in [0.2, 0.25) is 5.95 Å². The van der Waals surface area contributed by atoms with Crippen molar-refractivity contribution in [2.45, 2.75) is 63.6 Å². The van der Waals surface area contributed by atoms with E-state index in [1.807, 2.05) is 18.5 Å². The molecule has 2 saturated heterocycles. The summed E-state index contributed by atoms with van der Waals surface area (Å²) in [5, 5.41) is 7.07. The van der Waals surface area contributed by atoms with Crippen LogP contribution in [-0.2, 0) is 0 Å². The fraction of sp³-hybridized carbons (Fsp3) is 0.593. The topological polar surface area (TPSA) is 72.5 Å². The highest BCUT2D eigenvalue weighted by molar-refractivity contribution is 5.71. The molecule has 35 heavy (non-hydrogen) atoms. The first kappa shape index (κ1) is 22.7. The van der Waals surface area contributed by atoms with Crippen LogP contribution in [0.5, 0.6) is 0 Å². The van der Waals surface area contributed by atoms with Gasteiger partial charge in [-0.2, -0.15) is 4.98 Å². The molecule has 2 N–H and O–H groups in total. The van der Waals surface area contributed by atoms with Crippen molar-refractivity contribution in [2.24, 2.45) is 0 Å². The van der Waals surface area contributed by atoms with Crippen molar-refractivity contribution in [1.29, 1.82) is 0 Å². The van der Waals surface area contributed by atoms with Crippen LogP contribution >= 0.6 is 0 Å². The summed E-state index contributed by atoms with van der Waals surface area (Å²) >= 11 is 0. The molecule has 0 amide bonds. The number of hydrogen-bond donors (Lipinski definition) is 2. The summed E-state index contributed by atoms with van der Waals surface area (Å²) in [6.45, 7) is 10.8. The Balaban J connectivity index is 1.19. The van der Waals surface area contributed by atoms with Gasteiger partial charge in [-0.1, -0.05) is 31.4 Å². The minimum Gasteiger partial charge on any atom is -0.368 e. The highest BCUT2D eigenvalue weighted by Gasteiger charge is 2.45. The van der Waals surface area contributed by atoms with Gasteiger partial charge in [0.05, 0.1) is 23.5 Å². The van der Waals surface area contributed by atoms with Gasteiger partial charge in [-0.05, 0) is 38.8 Å². The van der Waals surface area contributed by atoms with Gasteiger partial charge in [0.1, 0.15) is 11.6 Å². The molecule has 186 valence electrons. The third kappa shape index (κ3) is 4.38. The van der Waals surface area contributed by atoms with Crippen molar-refractivity contribution < 1.29 is 0 Å². The Kier molecular flexibility index (Phi) is 6.10. The Morgan fingerprint density at radius 2 is 1.86 bits per heavy atom. The predicted octanol–water partition coefficient (Wildman–Crippen LogP) is 3.65. The highest BCUT2D eigenvalue weighted by Crippen LogP contribution is 2.42. The zero-order chi connectivity index (χ0) is 23.8. The lowest BCUT2D eigenvalue weighted by Gasteiger charge is -2.55.